The van der Waals surface area contributed by atoms with Gasteiger partial charge in [0.15, 0.2) is 11.8 Å². The van der Waals surface area contributed by atoms with E-state index in [1.807, 2.05) is 18.2 Å². The summed E-state index contributed by atoms with van der Waals surface area (Å²) >= 11 is 12.4. The highest BCUT2D eigenvalue weighted by molar-refractivity contribution is 6.54. The number of benzene rings is 1. The Balaban J connectivity index is 1.37. The number of hydrogen-bond acceptors (Lipinski definition) is 5. The van der Waals surface area contributed by atoms with E-state index in [0.717, 1.165) is 36.1 Å². The lowest BCUT2D eigenvalue weighted by Crippen LogP contribution is -2.61. The summed E-state index contributed by atoms with van der Waals surface area (Å²) in [4.78, 5) is 47.9. The molecule has 0 radical (unpaired) electrons. The van der Waals surface area contributed by atoms with Crippen LogP contribution in [0.15, 0.2) is 41.5 Å². The summed E-state index contributed by atoms with van der Waals surface area (Å²) in [5.41, 5.74) is 2.78. The first-order valence-corrected chi connectivity index (χ1v) is 12.7. The Hall–Kier alpha value is -2.77. The second-order valence-corrected chi connectivity index (χ2v) is 10.2. The molecule has 35 heavy (non-hydrogen) atoms. The van der Waals surface area contributed by atoms with Gasteiger partial charge in [-0.3, -0.25) is 14.6 Å². The Labute approximate surface area is 213 Å². The van der Waals surface area contributed by atoms with Crippen LogP contribution in [0, 0.1) is 5.41 Å². The third-order valence-corrected chi connectivity index (χ3v) is 8.13. The molecule has 1 N–H and O–H groups in total. The first-order valence-electron chi connectivity index (χ1n) is 11.9. The quantitative estimate of drug-likeness (QED) is 0.468. The summed E-state index contributed by atoms with van der Waals surface area (Å²) in [6.07, 6.45) is 6.69. The molecular weight excluding hydrogens is 489 g/mol. The van der Waals surface area contributed by atoms with E-state index in [1.54, 1.807) is 17.0 Å². The lowest BCUT2D eigenvalue weighted by Gasteiger charge is -2.47. The van der Waals surface area contributed by atoms with Crippen LogP contribution in [0.25, 0.3) is 0 Å². The Morgan fingerprint density at radius 1 is 1.23 bits per heavy atom. The van der Waals surface area contributed by atoms with E-state index in [0.29, 0.717) is 37.1 Å². The lowest BCUT2D eigenvalue weighted by molar-refractivity contribution is -0.138. The number of aromatic nitrogens is 1. The number of ketones is 1. The molecule has 1 aromatic heterocycles. The van der Waals surface area contributed by atoms with E-state index in [9.17, 15) is 19.5 Å². The fourth-order valence-corrected chi connectivity index (χ4v) is 6.24. The molecule has 0 saturated heterocycles. The zero-order valence-corrected chi connectivity index (χ0v) is 20.6. The van der Waals surface area contributed by atoms with Gasteiger partial charge in [0.2, 0.25) is 0 Å². The first kappa shape index (κ1) is 23.9. The minimum Gasteiger partial charge on any atom is -0.480 e. The molecule has 5 rings (SSSR count). The van der Waals surface area contributed by atoms with Crippen molar-refractivity contribution in [1.82, 2.24) is 4.98 Å². The van der Waals surface area contributed by atoms with Crippen LogP contribution in [0.5, 0.6) is 0 Å². The zero-order chi connectivity index (χ0) is 24.7. The number of carbonyl (C=O) groups excluding carboxylic acids is 2. The van der Waals surface area contributed by atoms with Crippen LogP contribution in [0.2, 0.25) is 5.15 Å². The summed E-state index contributed by atoms with van der Waals surface area (Å²) in [7, 11) is 0. The summed E-state index contributed by atoms with van der Waals surface area (Å²) in [6.45, 7) is 0.506. The number of aliphatic carboxylic acids is 1. The highest BCUT2D eigenvalue weighted by atomic mass is 35.5. The number of anilines is 1. The number of aliphatic imine (C=N–C) groups is 1. The minimum absolute atomic E-state index is 0.0160. The average molecular weight is 514 g/mol. The average Bonchev–Trinajstić information content (AvgIpc) is 3.29. The molecule has 0 bridgehead atoms. The summed E-state index contributed by atoms with van der Waals surface area (Å²) in [5.74, 6) is -1.28. The fourth-order valence-electron chi connectivity index (χ4n) is 5.57. The molecular formula is C26H25Cl2N3O4. The van der Waals surface area contributed by atoms with Gasteiger partial charge in [-0.05, 0) is 48.6 Å². The van der Waals surface area contributed by atoms with E-state index in [1.165, 1.54) is 6.20 Å². The summed E-state index contributed by atoms with van der Waals surface area (Å²) in [5, 5.41) is 9.23. The maximum absolute atomic E-state index is 13.0. The number of hydrogen-bond donors (Lipinski definition) is 1. The van der Waals surface area contributed by atoms with Crippen molar-refractivity contribution in [2.24, 2.45) is 10.4 Å². The molecule has 1 spiro atoms. The second-order valence-electron chi connectivity index (χ2n) is 9.45. The molecule has 182 valence electrons. The molecule has 2 aromatic rings. The lowest BCUT2D eigenvalue weighted by atomic mass is 9.58. The van der Waals surface area contributed by atoms with Gasteiger partial charge in [-0.25, -0.2) is 9.78 Å². The molecule has 2 unspecified atom stereocenters. The Bertz CT molecular complexity index is 1240. The van der Waals surface area contributed by atoms with Crippen molar-refractivity contribution in [2.75, 3.05) is 11.4 Å². The molecule has 1 amide bonds. The number of amides is 1. The summed E-state index contributed by atoms with van der Waals surface area (Å²) < 4.78 is 0. The molecule has 2 heterocycles. The second kappa shape index (κ2) is 9.36. The first-order chi connectivity index (χ1) is 16.8. The SMILES string of the molecule is O=C(O)C(Cc1ccc2c(c1)CCN2C(=O)c1cccnc1Cl)N=C1C(Cl)C(=O)C12CCCCC2. The normalized spacial score (nSPS) is 22.7. The van der Waals surface area contributed by atoms with Crippen LogP contribution in [0.4, 0.5) is 5.69 Å². The summed E-state index contributed by atoms with van der Waals surface area (Å²) in [6, 6.07) is 7.90. The van der Waals surface area contributed by atoms with Gasteiger partial charge in [0.05, 0.1) is 16.7 Å². The number of nitrogens with zero attached hydrogens (tertiary/aromatic N) is 3. The Morgan fingerprint density at radius 2 is 2.00 bits per heavy atom. The molecule has 2 saturated carbocycles. The number of alkyl halides is 1. The molecule has 2 atom stereocenters. The Morgan fingerprint density at radius 3 is 2.71 bits per heavy atom. The van der Waals surface area contributed by atoms with Gasteiger partial charge >= 0.3 is 5.97 Å². The topological polar surface area (TPSA) is 99.9 Å². The van der Waals surface area contributed by atoms with Crippen molar-refractivity contribution in [1.29, 1.82) is 0 Å². The zero-order valence-electron chi connectivity index (χ0n) is 19.0. The molecule has 1 aliphatic heterocycles. The molecule has 9 heteroatoms. The van der Waals surface area contributed by atoms with Crippen LogP contribution in [0.1, 0.15) is 53.6 Å². The van der Waals surface area contributed by atoms with Crippen molar-refractivity contribution < 1.29 is 19.5 Å². The third-order valence-electron chi connectivity index (χ3n) is 7.42. The number of carboxylic acid groups (broad SMARTS) is 1. The van der Waals surface area contributed by atoms with E-state index in [4.69, 9.17) is 23.2 Å². The molecule has 1 aromatic carbocycles. The number of Topliss-reactive ketones (excluding diaryl/α,β-unsaturated/α-hetero) is 1. The van der Waals surface area contributed by atoms with E-state index in [-0.39, 0.29) is 23.3 Å². The van der Waals surface area contributed by atoms with Crippen LogP contribution < -0.4 is 4.90 Å². The maximum atomic E-state index is 13.0. The van der Waals surface area contributed by atoms with Gasteiger partial charge in [0.1, 0.15) is 10.5 Å². The van der Waals surface area contributed by atoms with Gasteiger partial charge in [-0.15, -0.1) is 11.6 Å². The number of carboxylic acids is 1. The number of rotatable bonds is 5. The van der Waals surface area contributed by atoms with Gasteiger partial charge < -0.3 is 10.0 Å². The van der Waals surface area contributed by atoms with E-state index < -0.39 is 22.8 Å². The highest BCUT2D eigenvalue weighted by Gasteiger charge is 2.58. The van der Waals surface area contributed by atoms with Crippen LogP contribution in [0.3, 0.4) is 0 Å². The maximum Gasteiger partial charge on any atom is 0.328 e. The van der Waals surface area contributed by atoms with E-state index in [2.05, 4.69) is 9.98 Å². The molecule has 3 aliphatic rings. The minimum atomic E-state index is -1.05. The predicted molar refractivity (Wildman–Crippen MR) is 134 cm³/mol. The highest BCUT2D eigenvalue weighted by Crippen LogP contribution is 2.49. The van der Waals surface area contributed by atoms with Gasteiger partial charge in [0, 0.05) is 24.8 Å². The molecule has 2 aliphatic carbocycles. The Kier molecular flexibility index (Phi) is 6.40. The molecule has 7 nitrogen and oxygen atoms in total. The van der Waals surface area contributed by atoms with Crippen LogP contribution >= 0.6 is 23.2 Å². The van der Waals surface area contributed by atoms with Gasteiger partial charge in [0.25, 0.3) is 5.91 Å². The van der Waals surface area contributed by atoms with Crippen LogP contribution in [-0.4, -0.2) is 51.4 Å². The number of pyridine rings is 1. The van der Waals surface area contributed by atoms with Gasteiger partial charge in [-0.1, -0.05) is 43.0 Å². The third kappa shape index (κ3) is 4.15. The van der Waals surface area contributed by atoms with Crippen LogP contribution in [-0.2, 0) is 22.4 Å². The smallest absolute Gasteiger partial charge is 0.328 e. The number of carbonyl (C=O) groups is 3. The fraction of sp³-hybridized carbons (Fsp3) is 0.423. The van der Waals surface area contributed by atoms with Crippen molar-refractivity contribution in [3.05, 3.63) is 58.4 Å². The monoisotopic (exact) mass is 513 g/mol. The number of fused-ring (bicyclic) bond motifs is 1. The predicted octanol–water partition coefficient (Wildman–Crippen LogP) is 4.52. The van der Waals surface area contributed by atoms with Crippen molar-refractivity contribution in [3.8, 4) is 0 Å². The largest absolute Gasteiger partial charge is 0.480 e. The van der Waals surface area contributed by atoms with Gasteiger partial charge in [-0.2, -0.15) is 0 Å². The standard InChI is InChI=1S/C26H25Cl2N3O4/c27-20-21(26(22(20)32)9-2-1-3-10-26)30-18(25(34)35)14-15-6-7-19-16(13-15)8-12-31(19)24(33)17-5-4-11-29-23(17)28/h4-7,11,13,18,20H,1-3,8-10,12,14H2,(H,34,35). The van der Waals surface area contributed by atoms with Crippen molar-refractivity contribution >= 4 is 52.3 Å². The molecule has 2 fully saturated rings. The van der Waals surface area contributed by atoms with Crippen molar-refractivity contribution in [2.45, 2.75) is 56.4 Å². The van der Waals surface area contributed by atoms with E-state index >= 15 is 0 Å². The van der Waals surface area contributed by atoms with Crippen molar-refractivity contribution in [3.63, 3.8) is 0 Å². The number of halogens is 2.